The maximum absolute atomic E-state index is 11.2. The Hall–Kier alpha value is -1.09. The van der Waals surface area contributed by atoms with Crippen LogP contribution in [0.25, 0.3) is 0 Å². The van der Waals surface area contributed by atoms with E-state index in [1.54, 1.807) is 0 Å². The van der Waals surface area contributed by atoms with Crippen LogP contribution in [0.5, 0.6) is 0 Å². The van der Waals surface area contributed by atoms with E-state index >= 15 is 0 Å². The molecule has 0 aromatic carbocycles. The van der Waals surface area contributed by atoms with Gasteiger partial charge in [-0.2, -0.15) is 0 Å². The molecule has 1 heterocycles. The number of aliphatic carboxylic acids is 2. The summed E-state index contributed by atoms with van der Waals surface area (Å²) in [5.74, 6) is -2.14. The molecule has 2 unspecified atom stereocenters. The van der Waals surface area contributed by atoms with Gasteiger partial charge in [0.1, 0.15) is 6.23 Å². The Labute approximate surface area is 115 Å². The Balaban J connectivity index is 2.93. The van der Waals surface area contributed by atoms with E-state index in [1.165, 1.54) is 0 Å². The van der Waals surface area contributed by atoms with Gasteiger partial charge in [-0.15, -0.1) is 11.8 Å². The number of hydrogen-bond acceptors (Lipinski definition) is 6. The highest BCUT2D eigenvalue weighted by Crippen LogP contribution is 2.31. The molecule has 5 N–H and O–H groups in total. The van der Waals surface area contributed by atoms with Gasteiger partial charge in [0, 0.05) is 11.8 Å². The van der Waals surface area contributed by atoms with Crippen molar-refractivity contribution in [1.82, 2.24) is 5.32 Å². The van der Waals surface area contributed by atoms with E-state index in [-0.39, 0.29) is 6.10 Å². The Kier molecular flexibility index (Phi) is 5.36. The quantitative estimate of drug-likeness (QED) is 0.529. The molecule has 2 atom stereocenters. The van der Waals surface area contributed by atoms with Crippen LogP contribution in [0, 0.1) is 0 Å². The molecule has 0 radical (unpaired) electrons. The van der Waals surface area contributed by atoms with Crippen molar-refractivity contribution in [3.05, 3.63) is 11.6 Å². The molecule has 1 aliphatic rings. The van der Waals surface area contributed by atoms with Crippen molar-refractivity contribution in [1.29, 1.82) is 0 Å². The number of thioether (sulfide) groups is 1. The summed E-state index contributed by atoms with van der Waals surface area (Å²) in [6.07, 6.45) is 0.839. The van der Waals surface area contributed by atoms with E-state index in [0.717, 1.165) is 11.8 Å². The Morgan fingerprint density at radius 3 is 2.63 bits per heavy atom. The SMILES string of the molecule is CC(C)OC1CCSC(N)(/C(=C\C(=O)O)C(=O)O)N1. The lowest BCUT2D eigenvalue weighted by Crippen LogP contribution is -2.61. The Bertz CT molecular complexity index is 399. The van der Waals surface area contributed by atoms with Crippen LogP contribution in [0.3, 0.4) is 0 Å². The highest BCUT2D eigenvalue weighted by Gasteiger charge is 2.40. The lowest BCUT2D eigenvalue weighted by molar-refractivity contribution is -0.135. The van der Waals surface area contributed by atoms with Crippen molar-refractivity contribution in [2.45, 2.75) is 37.6 Å². The first-order valence-electron chi connectivity index (χ1n) is 5.79. The predicted octanol–water partition coefficient (Wildman–Crippen LogP) is 0.172. The number of rotatable bonds is 5. The second kappa shape index (κ2) is 6.38. The third-order valence-corrected chi connectivity index (χ3v) is 3.65. The van der Waals surface area contributed by atoms with Gasteiger partial charge in [0.2, 0.25) is 0 Å². The van der Waals surface area contributed by atoms with E-state index in [2.05, 4.69) is 5.32 Å². The van der Waals surface area contributed by atoms with Gasteiger partial charge >= 0.3 is 11.9 Å². The first-order chi connectivity index (χ1) is 8.74. The largest absolute Gasteiger partial charge is 0.478 e. The van der Waals surface area contributed by atoms with Gasteiger partial charge in [-0.1, -0.05) is 0 Å². The average Bonchev–Trinajstić information content (AvgIpc) is 2.24. The molecular formula is C11H18N2O5S. The standard InChI is InChI=1S/C11H18N2O5S/c1-6(2)18-8-3-4-19-11(12,13-8)7(10(16)17)5-9(14)15/h5-6,8,13H,3-4,12H2,1-2H3,(H,14,15)(H,16,17)/b7-5-. The van der Waals surface area contributed by atoms with Crippen molar-refractivity contribution in [3.63, 3.8) is 0 Å². The average molecular weight is 290 g/mol. The van der Waals surface area contributed by atoms with Crippen molar-refractivity contribution in [2.24, 2.45) is 5.73 Å². The Morgan fingerprint density at radius 1 is 1.53 bits per heavy atom. The third kappa shape index (κ3) is 4.50. The molecule has 0 aromatic heterocycles. The zero-order chi connectivity index (χ0) is 14.6. The molecule has 1 saturated heterocycles. The second-order valence-corrected chi connectivity index (χ2v) is 5.73. The van der Waals surface area contributed by atoms with Crippen LogP contribution in [-0.4, -0.2) is 45.2 Å². The monoisotopic (exact) mass is 290 g/mol. The lowest BCUT2D eigenvalue weighted by Gasteiger charge is -2.39. The van der Waals surface area contributed by atoms with E-state index < -0.39 is 28.7 Å². The molecule has 0 spiro atoms. The van der Waals surface area contributed by atoms with Crippen LogP contribution >= 0.6 is 11.8 Å². The molecule has 1 aliphatic heterocycles. The first kappa shape index (κ1) is 16.0. The van der Waals surface area contributed by atoms with Crippen LogP contribution in [0.2, 0.25) is 0 Å². The van der Waals surface area contributed by atoms with Crippen LogP contribution < -0.4 is 11.1 Å². The Morgan fingerprint density at radius 2 is 2.16 bits per heavy atom. The lowest BCUT2D eigenvalue weighted by atomic mass is 10.1. The fraction of sp³-hybridized carbons (Fsp3) is 0.636. The van der Waals surface area contributed by atoms with E-state index in [0.29, 0.717) is 18.2 Å². The number of nitrogens with two attached hydrogens (primary N) is 1. The van der Waals surface area contributed by atoms with Crippen LogP contribution in [0.4, 0.5) is 0 Å². The molecule has 1 rings (SSSR count). The van der Waals surface area contributed by atoms with Crippen LogP contribution in [-0.2, 0) is 14.3 Å². The van der Waals surface area contributed by atoms with Gasteiger partial charge in [-0.25, -0.2) is 9.59 Å². The number of carboxylic acid groups (broad SMARTS) is 2. The summed E-state index contributed by atoms with van der Waals surface area (Å²) in [5, 5.41) is 20.7. The number of ether oxygens (including phenoxy) is 1. The molecule has 0 bridgehead atoms. The molecule has 8 heteroatoms. The molecular weight excluding hydrogens is 272 g/mol. The number of nitrogens with one attached hydrogen (secondary N) is 1. The summed E-state index contributed by atoms with van der Waals surface area (Å²) in [7, 11) is 0. The molecule has 0 amide bonds. The molecule has 19 heavy (non-hydrogen) atoms. The van der Waals surface area contributed by atoms with Gasteiger partial charge in [-0.05, 0) is 20.3 Å². The fourth-order valence-corrected chi connectivity index (χ4v) is 2.89. The third-order valence-electron chi connectivity index (χ3n) is 2.42. The van der Waals surface area contributed by atoms with E-state index in [1.807, 2.05) is 13.8 Å². The molecule has 1 fully saturated rings. The van der Waals surface area contributed by atoms with E-state index in [9.17, 15) is 9.59 Å². The van der Waals surface area contributed by atoms with Gasteiger partial charge in [0.05, 0.1) is 11.7 Å². The summed E-state index contributed by atoms with van der Waals surface area (Å²) >= 11 is 1.15. The topological polar surface area (TPSA) is 122 Å². The summed E-state index contributed by atoms with van der Waals surface area (Å²) < 4.78 is 5.55. The maximum Gasteiger partial charge on any atom is 0.336 e. The summed E-state index contributed by atoms with van der Waals surface area (Å²) in [6.45, 7) is 3.71. The van der Waals surface area contributed by atoms with Crippen molar-refractivity contribution in [3.8, 4) is 0 Å². The minimum Gasteiger partial charge on any atom is -0.478 e. The maximum atomic E-state index is 11.2. The van der Waals surface area contributed by atoms with Gasteiger partial charge < -0.3 is 20.7 Å². The molecule has 0 saturated carbocycles. The summed E-state index contributed by atoms with van der Waals surface area (Å²) in [5.41, 5.74) is 5.58. The van der Waals surface area contributed by atoms with Gasteiger partial charge in [-0.3, -0.25) is 5.32 Å². The number of carbonyl (C=O) groups is 2. The fourth-order valence-electron chi connectivity index (χ4n) is 1.72. The number of hydrogen-bond donors (Lipinski definition) is 4. The molecule has 108 valence electrons. The normalized spacial score (nSPS) is 28.4. The summed E-state index contributed by atoms with van der Waals surface area (Å²) in [4.78, 5) is 20.4. The highest BCUT2D eigenvalue weighted by molar-refractivity contribution is 8.00. The van der Waals surface area contributed by atoms with Crippen LogP contribution in [0.1, 0.15) is 20.3 Å². The molecule has 0 aromatic rings. The first-order valence-corrected chi connectivity index (χ1v) is 6.77. The zero-order valence-corrected chi connectivity index (χ0v) is 11.6. The minimum atomic E-state index is -1.47. The van der Waals surface area contributed by atoms with E-state index in [4.69, 9.17) is 20.7 Å². The molecule has 0 aliphatic carbocycles. The van der Waals surface area contributed by atoms with Gasteiger partial charge in [0.15, 0.2) is 4.99 Å². The van der Waals surface area contributed by atoms with Gasteiger partial charge in [0.25, 0.3) is 0 Å². The second-order valence-electron chi connectivity index (χ2n) is 4.39. The minimum absolute atomic E-state index is 0.0402. The summed E-state index contributed by atoms with van der Waals surface area (Å²) in [6, 6.07) is 0. The van der Waals surface area contributed by atoms with Crippen molar-refractivity contribution in [2.75, 3.05) is 5.75 Å². The zero-order valence-electron chi connectivity index (χ0n) is 10.8. The van der Waals surface area contributed by atoms with Crippen molar-refractivity contribution >= 4 is 23.7 Å². The number of carboxylic acids is 2. The molecule has 7 nitrogen and oxygen atoms in total. The smallest absolute Gasteiger partial charge is 0.336 e. The van der Waals surface area contributed by atoms with Crippen molar-refractivity contribution < 1.29 is 24.5 Å². The highest BCUT2D eigenvalue weighted by atomic mass is 32.2. The predicted molar refractivity (Wildman–Crippen MR) is 70.5 cm³/mol. The van der Waals surface area contributed by atoms with Crippen LogP contribution in [0.15, 0.2) is 11.6 Å².